The van der Waals surface area contributed by atoms with Crippen molar-refractivity contribution in [3.63, 3.8) is 0 Å². The van der Waals surface area contributed by atoms with E-state index in [1.807, 2.05) is 0 Å². The number of aliphatic hydroxyl groups excluding tert-OH is 1. The molecule has 1 heterocycles. The first-order valence-electron chi connectivity index (χ1n) is 9.59. The zero-order valence-corrected chi connectivity index (χ0v) is 16.8. The molecule has 0 spiro atoms. The number of carboxylic acids is 1. The van der Waals surface area contributed by atoms with Crippen LogP contribution in [0.15, 0.2) is 54.6 Å². The molecule has 1 amide bonds. The van der Waals surface area contributed by atoms with Crippen LogP contribution in [0.2, 0.25) is 0 Å². The molecule has 0 fully saturated rings. The molecule has 0 bridgehead atoms. The first-order chi connectivity index (χ1) is 15.0. The van der Waals surface area contributed by atoms with Gasteiger partial charge in [0, 0.05) is 29.3 Å². The number of carboxylic acid groups (broad SMARTS) is 1. The van der Waals surface area contributed by atoms with Crippen molar-refractivity contribution in [1.82, 2.24) is 0 Å². The summed E-state index contributed by atoms with van der Waals surface area (Å²) in [5.41, 5.74) is 0.992. The fourth-order valence-electron chi connectivity index (χ4n) is 3.03. The highest BCUT2D eigenvalue weighted by Gasteiger charge is 2.26. The number of para-hydroxylation sites is 1. The molecule has 2 aromatic rings. The lowest BCUT2D eigenvalue weighted by molar-refractivity contribution is -0.131. The molecule has 1 aliphatic rings. The molecule has 0 aromatic heterocycles. The summed E-state index contributed by atoms with van der Waals surface area (Å²) in [4.78, 5) is 23.6. The first-order valence-corrected chi connectivity index (χ1v) is 9.59. The fraction of sp³-hybridized carbons (Fsp3) is 0.273. The largest absolute Gasteiger partial charge is 0.491 e. The predicted molar refractivity (Wildman–Crippen MR) is 110 cm³/mol. The number of benzene rings is 2. The lowest BCUT2D eigenvalue weighted by atomic mass is 9.96. The number of carbonyl (C=O) groups excluding carboxylic acids is 1. The van der Waals surface area contributed by atoms with Gasteiger partial charge in [-0.05, 0) is 18.2 Å². The van der Waals surface area contributed by atoms with Crippen molar-refractivity contribution in [3.05, 3.63) is 60.2 Å². The molecule has 0 saturated heterocycles. The lowest BCUT2D eigenvalue weighted by Gasteiger charge is -2.24. The SMILES string of the molecule is C[C@@H](/C=C/C(=O)O)[C@H](OC(=O)Nc1ccc2c(c1)OCO2)c1ccccc1OCCO. The Hall–Kier alpha value is -3.72. The van der Waals surface area contributed by atoms with Crippen LogP contribution in [0.5, 0.6) is 17.2 Å². The molecule has 164 valence electrons. The molecule has 2 atom stereocenters. The molecular weight excluding hydrogens is 406 g/mol. The van der Waals surface area contributed by atoms with Gasteiger partial charge in [-0.1, -0.05) is 31.2 Å². The Morgan fingerprint density at radius 1 is 1.19 bits per heavy atom. The highest BCUT2D eigenvalue weighted by atomic mass is 16.7. The van der Waals surface area contributed by atoms with Crippen LogP contribution in [-0.4, -0.2) is 42.3 Å². The molecule has 0 radical (unpaired) electrons. The van der Waals surface area contributed by atoms with Crippen molar-refractivity contribution in [1.29, 1.82) is 0 Å². The third-order valence-corrected chi connectivity index (χ3v) is 4.45. The summed E-state index contributed by atoms with van der Waals surface area (Å²) in [6.45, 7) is 1.72. The molecule has 3 rings (SSSR count). The van der Waals surface area contributed by atoms with E-state index < -0.39 is 24.1 Å². The number of ether oxygens (including phenoxy) is 4. The number of rotatable bonds is 9. The third kappa shape index (κ3) is 5.89. The Balaban J connectivity index is 1.81. The first kappa shape index (κ1) is 22.0. The maximum Gasteiger partial charge on any atom is 0.412 e. The minimum atomic E-state index is -1.11. The molecule has 0 unspecified atom stereocenters. The van der Waals surface area contributed by atoms with E-state index in [4.69, 9.17) is 29.2 Å². The van der Waals surface area contributed by atoms with E-state index in [0.29, 0.717) is 28.5 Å². The zero-order chi connectivity index (χ0) is 22.2. The van der Waals surface area contributed by atoms with Gasteiger partial charge in [0.05, 0.1) is 6.61 Å². The predicted octanol–water partition coefficient (Wildman–Crippen LogP) is 3.35. The highest BCUT2D eigenvalue weighted by Crippen LogP contribution is 2.36. The van der Waals surface area contributed by atoms with Gasteiger partial charge in [-0.25, -0.2) is 9.59 Å². The van der Waals surface area contributed by atoms with E-state index in [-0.39, 0.29) is 20.0 Å². The number of anilines is 1. The standard InChI is InChI=1S/C22H23NO8/c1-14(6-9-20(25)26)21(16-4-2-3-5-17(16)28-11-10-24)31-22(27)23-15-7-8-18-19(12-15)30-13-29-18/h2-9,12,14,21,24H,10-11,13H2,1H3,(H,23,27)(H,25,26)/b9-6+/t14-,21-/m0/s1. The van der Waals surface area contributed by atoms with Gasteiger partial charge in [-0.3, -0.25) is 5.32 Å². The van der Waals surface area contributed by atoms with Gasteiger partial charge in [0.25, 0.3) is 0 Å². The molecule has 9 nitrogen and oxygen atoms in total. The van der Waals surface area contributed by atoms with Crippen LogP contribution in [0, 0.1) is 5.92 Å². The smallest absolute Gasteiger partial charge is 0.412 e. The van der Waals surface area contributed by atoms with Crippen molar-refractivity contribution in [2.45, 2.75) is 13.0 Å². The quantitative estimate of drug-likeness (QED) is 0.519. The molecule has 9 heteroatoms. The molecule has 0 aliphatic carbocycles. The summed E-state index contributed by atoms with van der Waals surface area (Å²) in [6.07, 6.45) is 0.841. The van der Waals surface area contributed by atoms with E-state index >= 15 is 0 Å². The normalized spacial score (nSPS) is 14.1. The number of aliphatic carboxylic acids is 1. The van der Waals surface area contributed by atoms with Gasteiger partial charge in [0.15, 0.2) is 11.5 Å². The van der Waals surface area contributed by atoms with Crippen molar-refractivity contribution >= 4 is 17.7 Å². The van der Waals surface area contributed by atoms with Crippen molar-refractivity contribution in [2.75, 3.05) is 25.3 Å². The average Bonchev–Trinajstić information content (AvgIpc) is 3.22. The Bertz CT molecular complexity index is 958. The number of nitrogens with one attached hydrogen (secondary N) is 1. The summed E-state index contributed by atoms with van der Waals surface area (Å²) >= 11 is 0. The number of hydrogen-bond donors (Lipinski definition) is 3. The summed E-state index contributed by atoms with van der Waals surface area (Å²) in [7, 11) is 0. The maximum atomic E-state index is 12.6. The second-order valence-electron chi connectivity index (χ2n) is 6.69. The molecule has 0 saturated carbocycles. The molecule has 2 aromatic carbocycles. The molecule has 1 aliphatic heterocycles. The monoisotopic (exact) mass is 429 g/mol. The zero-order valence-electron chi connectivity index (χ0n) is 16.8. The summed E-state index contributed by atoms with van der Waals surface area (Å²) in [6, 6.07) is 11.8. The number of carbonyl (C=O) groups is 2. The summed E-state index contributed by atoms with van der Waals surface area (Å²) in [5, 5.41) is 20.7. The van der Waals surface area contributed by atoms with E-state index in [2.05, 4.69) is 5.32 Å². The Labute approximate surface area is 178 Å². The third-order valence-electron chi connectivity index (χ3n) is 4.45. The van der Waals surface area contributed by atoms with Crippen molar-refractivity contribution in [2.24, 2.45) is 5.92 Å². The lowest BCUT2D eigenvalue weighted by Crippen LogP contribution is -2.22. The van der Waals surface area contributed by atoms with Crippen LogP contribution in [0.1, 0.15) is 18.6 Å². The maximum absolute atomic E-state index is 12.6. The van der Waals surface area contributed by atoms with Crippen molar-refractivity contribution < 1.29 is 38.7 Å². The van der Waals surface area contributed by atoms with Crippen LogP contribution in [-0.2, 0) is 9.53 Å². The molecular formula is C22H23NO8. The second-order valence-corrected chi connectivity index (χ2v) is 6.69. The van der Waals surface area contributed by atoms with Gasteiger partial charge >= 0.3 is 12.1 Å². The van der Waals surface area contributed by atoms with Crippen LogP contribution in [0.25, 0.3) is 0 Å². The van der Waals surface area contributed by atoms with E-state index in [1.165, 1.54) is 6.08 Å². The Kier molecular flexibility index (Phi) is 7.34. The minimum Gasteiger partial charge on any atom is -0.491 e. The molecule has 31 heavy (non-hydrogen) atoms. The Morgan fingerprint density at radius 3 is 2.74 bits per heavy atom. The highest BCUT2D eigenvalue weighted by molar-refractivity contribution is 5.85. The van der Waals surface area contributed by atoms with Gasteiger partial charge in [0.2, 0.25) is 6.79 Å². The number of hydrogen-bond acceptors (Lipinski definition) is 7. The van der Waals surface area contributed by atoms with E-state index in [0.717, 1.165) is 6.08 Å². The topological polar surface area (TPSA) is 124 Å². The van der Waals surface area contributed by atoms with E-state index in [9.17, 15) is 9.59 Å². The van der Waals surface area contributed by atoms with Gasteiger partial charge in [-0.2, -0.15) is 0 Å². The van der Waals surface area contributed by atoms with E-state index in [1.54, 1.807) is 49.4 Å². The Morgan fingerprint density at radius 2 is 1.97 bits per heavy atom. The second kappa shape index (κ2) is 10.4. The number of aliphatic hydroxyl groups is 1. The van der Waals surface area contributed by atoms with Crippen LogP contribution < -0.4 is 19.5 Å². The van der Waals surface area contributed by atoms with Crippen LogP contribution >= 0.6 is 0 Å². The van der Waals surface area contributed by atoms with Crippen LogP contribution in [0.3, 0.4) is 0 Å². The number of fused-ring (bicyclic) bond motifs is 1. The molecule has 3 N–H and O–H groups in total. The van der Waals surface area contributed by atoms with Gasteiger partial charge in [-0.15, -0.1) is 0 Å². The number of amides is 1. The van der Waals surface area contributed by atoms with Gasteiger partial charge in [0.1, 0.15) is 18.5 Å². The van der Waals surface area contributed by atoms with Crippen LogP contribution in [0.4, 0.5) is 10.5 Å². The average molecular weight is 429 g/mol. The fourth-order valence-corrected chi connectivity index (χ4v) is 3.03. The summed E-state index contributed by atoms with van der Waals surface area (Å²) < 4.78 is 21.8. The van der Waals surface area contributed by atoms with Crippen molar-refractivity contribution in [3.8, 4) is 17.2 Å². The minimum absolute atomic E-state index is 0.0620. The van der Waals surface area contributed by atoms with Gasteiger partial charge < -0.3 is 29.2 Å². The summed E-state index contributed by atoms with van der Waals surface area (Å²) in [5.74, 6) is -0.0836.